The van der Waals surface area contributed by atoms with Crippen LogP contribution in [0.3, 0.4) is 0 Å². The standard InChI is InChI=1S/C32H45N3O4S2/c1-32(2,3)39-31(38)27-21-41-20-26(27)29(36)34-28(22-40-19-24-12-8-5-9-13-24)30(37)33-25-14-16-35(17-15-25)18-23-10-6-4-7-11-23/h4,6-7,10-11,20-21,24-25,28H,5,8-9,12-19,22H2,1-3H3,(H,33,37)(H,34,36)/t28-/m0/s1. The third-order valence-corrected chi connectivity index (χ3v) is 9.71. The van der Waals surface area contributed by atoms with Crippen LogP contribution < -0.4 is 10.6 Å². The smallest absolute Gasteiger partial charge is 0.340 e. The van der Waals surface area contributed by atoms with E-state index in [1.54, 1.807) is 43.3 Å². The highest BCUT2D eigenvalue weighted by molar-refractivity contribution is 7.99. The molecule has 2 heterocycles. The lowest BCUT2D eigenvalue weighted by molar-refractivity contribution is -0.123. The Labute approximate surface area is 253 Å². The van der Waals surface area contributed by atoms with E-state index >= 15 is 0 Å². The summed E-state index contributed by atoms with van der Waals surface area (Å²) in [5, 5.41) is 9.48. The number of ether oxygens (including phenoxy) is 1. The van der Waals surface area contributed by atoms with E-state index in [4.69, 9.17) is 4.74 Å². The van der Waals surface area contributed by atoms with Gasteiger partial charge in [0.15, 0.2) is 0 Å². The number of piperidine rings is 1. The Morgan fingerprint density at radius 3 is 2.37 bits per heavy atom. The number of amides is 2. The first-order chi connectivity index (χ1) is 19.7. The van der Waals surface area contributed by atoms with E-state index in [1.807, 2.05) is 6.07 Å². The van der Waals surface area contributed by atoms with Crippen LogP contribution in [-0.4, -0.2) is 65.0 Å². The lowest BCUT2D eigenvalue weighted by Gasteiger charge is -2.33. The van der Waals surface area contributed by atoms with Gasteiger partial charge in [-0.2, -0.15) is 23.1 Å². The number of hydrogen-bond acceptors (Lipinski definition) is 7. The van der Waals surface area contributed by atoms with Crippen molar-refractivity contribution in [2.75, 3.05) is 24.6 Å². The minimum absolute atomic E-state index is 0.0794. The maximum atomic E-state index is 13.5. The Bertz CT molecular complexity index is 1130. The molecule has 41 heavy (non-hydrogen) atoms. The number of carbonyl (C=O) groups excluding carboxylic acids is 3. The third-order valence-electron chi connectivity index (χ3n) is 7.69. The maximum absolute atomic E-state index is 13.5. The molecule has 2 aliphatic rings. The minimum atomic E-state index is -0.676. The van der Waals surface area contributed by atoms with Crippen LogP contribution in [-0.2, 0) is 16.1 Å². The van der Waals surface area contributed by atoms with Gasteiger partial charge < -0.3 is 15.4 Å². The number of carbonyl (C=O) groups is 3. The first-order valence-electron chi connectivity index (χ1n) is 14.9. The lowest BCUT2D eigenvalue weighted by atomic mass is 9.91. The molecule has 1 atom stereocenters. The van der Waals surface area contributed by atoms with Gasteiger partial charge in [0.1, 0.15) is 11.6 Å². The zero-order valence-electron chi connectivity index (χ0n) is 24.7. The van der Waals surface area contributed by atoms with Crippen LogP contribution in [0.25, 0.3) is 0 Å². The average molecular weight is 600 g/mol. The topological polar surface area (TPSA) is 87.7 Å². The van der Waals surface area contributed by atoms with Crippen molar-refractivity contribution in [1.29, 1.82) is 0 Å². The molecule has 1 saturated carbocycles. The van der Waals surface area contributed by atoms with Gasteiger partial charge in [-0.3, -0.25) is 14.5 Å². The van der Waals surface area contributed by atoms with Gasteiger partial charge in [0.05, 0.1) is 11.1 Å². The first-order valence-corrected chi connectivity index (χ1v) is 17.0. The zero-order chi connectivity index (χ0) is 29.2. The number of rotatable bonds is 11. The van der Waals surface area contributed by atoms with Crippen molar-refractivity contribution in [2.45, 2.75) is 89.9 Å². The lowest BCUT2D eigenvalue weighted by Crippen LogP contribution is -2.53. The molecule has 224 valence electrons. The summed E-state index contributed by atoms with van der Waals surface area (Å²) in [5.41, 5.74) is 1.13. The van der Waals surface area contributed by atoms with Gasteiger partial charge in [0, 0.05) is 42.2 Å². The number of likely N-dealkylation sites (tertiary alicyclic amines) is 1. The molecule has 2 amide bonds. The fourth-order valence-corrected chi connectivity index (χ4v) is 7.54. The summed E-state index contributed by atoms with van der Waals surface area (Å²) in [4.78, 5) is 42.1. The predicted molar refractivity (Wildman–Crippen MR) is 168 cm³/mol. The molecular weight excluding hydrogens is 555 g/mol. The minimum Gasteiger partial charge on any atom is -0.456 e. The van der Waals surface area contributed by atoms with Crippen molar-refractivity contribution >= 4 is 40.9 Å². The molecule has 0 spiro atoms. The molecule has 1 saturated heterocycles. The predicted octanol–water partition coefficient (Wildman–Crippen LogP) is 5.90. The molecule has 0 unspecified atom stereocenters. The van der Waals surface area contributed by atoms with Crippen LogP contribution in [0.4, 0.5) is 0 Å². The van der Waals surface area contributed by atoms with Gasteiger partial charge in [-0.1, -0.05) is 49.6 Å². The van der Waals surface area contributed by atoms with Crippen LogP contribution in [0.15, 0.2) is 41.1 Å². The number of thioether (sulfide) groups is 1. The van der Waals surface area contributed by atoms with Gasteiger partial charge in [-0.15, -0.1) is 0 Å². The van der Waals surface area contributed by atoms with Crippen molar-refractivity contribution in [3.8, 4) is 0 Å². The highest BCUT2D eigenvalue weighted by Gasteiger charge is 2.29. The fourth-order valence-electron chi connectivity index (χ4n) is 5.47. The third kappa shape index (κ3) is 10.1. The molecule has 1 aliphatic carbocycles. The van der Waals surface area contributed by atoms with Crippen molar-refractivity contribution in [2.24, 2.45) is 5.92 Å². The van der Waals surface area contributed by atoms with E-state index < -0.39 is 23.5 Å². The van der Waals surface area contributed by atoms with E-state index in [9.17, 15) is 14.4 Å². The van der Waals surface area contributed by atoms with Gasteiger partial charge in [0.2, 0.25) is 5.91 Å². The van der Waals surface area contributed by atoms with Crippen LogP contribution in [0.5, 0.6) is 0 Å². The second-order valence-corrected chi connectivity index (χ2v) is 14.1. The molecule has 4 rings (SSSR count). The number of thiophene rings is 1. The molecule has 7 nitrogen and oxygen atoms in total. The number of hydrogen-bond donors (Lipinski definition) is 2. The van der Waals surface area contributed by atoms with Gasteiger partial charge >= 0.3 is 5.97 Å². The molecule has 1 aromatic carbocycles. The van der Waals surface area contributed by atoms with Gasteiger partial charge in [0.25, 0.3) is 5.91 Å². The molecule has 2 N–H and O–H groups in total. The Kier molecular flexibility index (Phi) is 11.7. The Balaban J connectivity index is 1.35. The van der Waals surface area contributed by atoms with Crippen LogP contribution in [0.1, 0.15) is 92.0 Å². The summed E-state index contributed by atoms with van der Waals surface area (Å²) >= 11 is 3.02. The van der Waals surface area contributed by atoms with Crippen molar-refractivity contribution in [3.05, 3.63) is 57.8 Å². The van der Waals surface area contributed by atoms with Gasteiger partial charge in [-0.05, 0) is 63.7 Å². The molecule has 2 fully saturated rings. The Morgan fingerprint density at radius 2 is 1.68 bits per heavy atom. The highest BCUT2D eigenvalue weighted by Crippen LogP contribution is 2.27. The quantitative estimate of drug-likeness (QED) is 0.313. The summed E-state index contributed by atoms with van der Waals surface area (Å²) in [6, 6.07) is 9.86. The van der Waals surface area contributed by atoms with E-state index in [2.05, 4.69) is 39.8 Å². The summed E-state index contributed by atoms with van der Waals surface area (Å²) in [7, 11) is 0. The zero-order valence-corrected chi connectivity index (χ0v) is 26.3. The second kappa shape index (κ2) is 15.2. The van der Waals surface area contributed by atoms with Crippen LogP contribution >= 0.6 is 23.1 Å². The molecule has 0 radical (unpaired) electrons. The molecular formula is C32H45N3O4S2. The molecule has 1 aromatic heterocycles. The van der Waals surface area contributed by atoms with E-state index in [0.29, 0.717) is 11.7 Å². The number of esters is 1. The van der Waals surface area contributed by atoms with Crippen molar-refractivity contribution < 1.29 is 19.1 Å². The summed E-state index contributed by atoms with van der Waals surface area (Å²) in [6.07, 6.45) is 8.11. The molecule has 2 aromatic rings. The van der Waals surface area contributed by atoms with Crippen LogP contribution in [0.2, 0.25) is 0 Å². The number of nitrogens with one attached hydrogen (secondary N) is 2. The van der Waals surface area contributed by atoms with Crippen LogP contribution in [0, 0.1) is 5.92 Å². The normalized spacial score (nSPS) is 18.0. The number of benzene rings is 1. The average Bonchev–Trinajstić information content (AvgIpc) is 3.44. The summed E-state index contributed by atoms with van der Waals surface area (Å²) in [5.74, 6) is 1.09. The summed E-state index contributed by atoms with van der Waals surface area (Å²) < 4.78 is 5.50. The molecule has 0 bridgehead atoms. The van der Waals surface area contributed by atoms with Crippen molar-refractivity contribution in [1.82, 2.24) is 15.5 Å². The van der Waals surface area contributed by atoms with Crippen molar-refractivity contribution in [3.63, 3.8) is 0 Å². The van der Waals surface area contributed by atoms with E-state index in [0.717, 1.165) is 38.2 Å². The van der Waals surface area contributed by atoms with E-state index in [1.165, 1.54) is 49.0 Å². The Morgan fingerprint density at radius 1 is 1.00 bits per heavy atom. The number of nitrogens with zero attached hydrogens (tertiary/aromatic N) is 1. The first kappa shape index (κ1) is 31.6. The maximum Gasteiger partial charge on any atom is 0.340 e. The molecule has 9 heteroatoms. The highest BCUT2D eigenvalue weighted by atomic mass is 32.2. The second-order valence-electron chi connectivity index (χ2n) is 12.3. The van der Waals surface area contributed by atoms with Gasteiger partial charge in [-0.25, -0.2) is 4.79 Å². The fraction of sp³-hybridized carbons (Fsp3) is 0.594. The monoisotopic (exact) mass is 599 g/mol. The summed E-state index contributed by atoms with van der Waals surface area (Å²) in [6.45, 7) is 8.15. The SMILES string of the molecule is CC(C)(C)OC(=O)c1cscc1C(=O)N[C@@H](CSCC1CCCCC1)C(=O)NC1CCN(Cc2ccccc2)CC1. The Hall–Kier alpha value is -2.36. The van der Waals surface area contributed by atoms with E-state index in [-0.39, 0.29) is 23.1 Å². The molecule has 1 aliphatic heterocycles. The largest absolute Gasteiger partial charge is 0.456 e.